The van der Waals surface area contributed by atoms with E-state index in [1.807, 2.05) is 0 Å². The number of hydrogen-bond acceptors (Lipinski definition) is 15. The SMILES string of the molecule is CC1CCC(OOSOC2CCC(C(=O)O)C(C(=O)NC3CCCC(S(=O)OC4CCCC(NOCC5CC(OS(=O)OC6CCC(C)CC6)CCC5COO)C4)C3)C2)CC1. The maximum atomic E-state index is 13.6. The average Bonchev–Trinajstić information content (AvgIpc) is 3.25. The summed E-state index contributed by atoms with van der Waals surface area (Å²) in [6.45, 7) is 5.01. The van der Waals surface area contributed by atoms with Gasteiger partial charge in [-0.1, -0.05) is 20.3 Å². The molecular weight excluding hydrogens is 853 g/mol. The van der Waals surface area contributed by atoms with Gasteiger partial charge in [0.25, 0.3) is 0 Å². The van der Waals surface area contributed by atoms with Crippen LogP contribution in [0.5, 0.6) is 0 Å². The van der Waals surface area contributed by atoms with Crippen molar-refractivity contribution in [2.24, 2.45) is 35.5 Å². The molecule has 6 saturated carbocycles. The Balaban J connectivity index is 0.896. The number of carbonyl (C=O) groups excluding carboxylic acids is 1. The molecule has 6 fully saturated rings. The minimum Gasteiger partial charge on any atom is -0.481 e. The normalized spacial score (nSPS) is 38.6. The Bertz CT molecular complexity index is 1390. The minimum atomic E-state index is -1.82. The Kier molecular flexibility index (Phi) is 21.0. The third-order valence-electron chi connectivity index (χ3n) is 14.2. The molecule has 0 spiro atoms. The molecule has 12 unspecified atom stereocenters. The highest BCUT2D eigenvalue weighted by molar-refractivity contribution is 7.89. The highest BCUT2D eigenvalue weighted by atomic mass is 32.2. The molecule has 0 heterocycles. The van der Waals surface area contributed by atoms with Crippen LogP contribution >= 0.6 is 12.3 Å². The number of nitrogens with one attached hydrogen (secondary N) is 2. The quantitative estimate of drug-likeness (QED) is 0.0384. The van der Waals surface area contributed by atoms with E-state index >= 15 is 0 Å². The fraction of sp³-hybridized carbons (Fsp3) is 0.952. The summed E-state index contributed by atoms with van der Waals surface area (Å²) in [5.41, 5.74) is 3.21. The summed E-state index contributed by atoms with van der Waals surface area (Å²) >= 11 is -2.62. The lowest BCUT2D eigenvalue weighted by molar-refractivity contribution is -0.257. The molecule has 0 aliphatic heterocycles. The largest absolute Gasteiger partial charge is 0.481 e. The Labute approximate surface area is 371 Å². The van der Waals surface area contributed by atoms with E-state index in [4.69, 9.17) is 30.8 Å². The minimum absolute atomic E-state index is 0.000199. The van der Waals surface area contributed by atoms with Gasteiger partial charge in [-0.15, -0.1) is 4.33 Å². The predicted octanol–water partition coefficient (Wildman–Crippen LogP) is 7.37. The van der Waals surface area contributed by atoms with Gasteiger partial charge in [0.05, 0.1) is 60.8 Å². The second kappa shape index (κ2) is 25.8. The molecule has 352 valence electrons. The van der Waals surface area contributed by atoms with Crippen molar-refractivity contribution in [2.45, 2.75) is 203 Å². The van der Waals surface area contributed by atoms with E-state index in [0.29, 0.717) is 57.0 Å². The Morgan fingerprint density at radius 3 is 2.03 bits per heavy atom. The van der Waals surface area contributed by atoms with Gasteiger partial charge >= 0.3 is 17.3 Å². The van der Waals surface area contributed by atoms with Crippen LogP contribution in [0.25, 0.3) is 0 Å². The first kappa shape index (κ1) is 49.6. The maximum absolute atomic E-state index is 13.6. The maximum Gasteiger partial charge on any atom is 0.307 e. The van der Waals surface area contributed by atoms with Crippen molar-refractivity contribution in [3.63, 3.8) is 0 Å². The van der Waals surface area contributed by atoms with Gasteiger partial charge in [-0.25, -0.2) is 14.0 Å². The molecule has 12 atom stereocenters. The lowest BCUT2D eigenvalue weighted by Crippen LogP contribution is -2.48. The molecule has 4 N–H and O–H groups in total. The molecule has 0 radical (unpaired) electrons. The van der Waals surface area contributed by atoms with Crippen LogP contribution in [-0.2, 0) is 67.7 Å². The smallest absolute Gasteiger partial charge is 0.307 e. The van der Waals surface area contributed by atoms with E-state index in [2.05, 4.69) is 29.5 Å². The first-order chi connectivity index (χ1) is 29.5. The van der Waals surface area contributed by atoms with E-state index < -0.39 is 40.2 Å². The van der Waals surface area contributed by atoms with E-state index in [1.165, 1.54) is 0 Å². The summed E-state index contributed by atoms with van der Waals surface area (Å²) in [4.78, 5) is 41.9. The number of rotatable bonds is 21. The summed E-state index contributed by atoms with van der Waals surface area (Å²) in [6.07, 6.45) is 16.2. The second-order valence-corrected chi connectivity index (χ2v) is 21.6. The van der Waals surface area contributed by atoms with E-state index in [9.17, 15) is 28.4 Å². The topological polar surface area (TPSA) is 207 Å². The van der Waals surface area contributed by atoms with E-state index in [0.717, 1.165) is 109 Å². The van der Waals surface area contributed by atoms with Gasteiger partial charge in [-0.2, -0.15) is 9.69 Å². The van der Waals surface area contributed by atoms with Gasteiger partial charge in [-0.05, 0) is 159 Å². The standard InChI is InChI=1S/C42H72N2O14S3/c1-27-9-14-33(15-10-27)53-58-59-54-35-19-20-39(42(46)47)40(24-35)41(45)43-31-5-4-8-38(23-31)60(49)55-36-7-3-6-32(22-36)44-51-25-30-21-37(18-13-29(30)26-52-48)57-61(50)56-34-16-11-28(2)12-17-34/h27-40,44,48H,3-26H2,1-2H3,(H,43,45)(H,46,47). The molecule has 19 heteroatoms. The molecule has 61 heavy (non-hydrogen) atoms. The zero-order chi connectivity index (χ0) is 43.1. The first-order valence-corrected chi connectivity index (χ1v) is 26.0. The molecule has 0 aromatic carbocycles. The second-order valence-electron chi connectivity index (χ2n) is 19.0. The molecule has 0 bridgehead atoms. The Morgan fingerprint density at radius 2 is 1.30 bits per heavy atom. The Hall–Kier alpha value is -0.810. The Morgan fingerprint density at radius 1 is 0.639 bits per heavy atom. The third-order valence-corrected chi connectivity index (χ3v) is 17.0. The van der Waals surface area contributed by atoms with Crippen molar-refractivity contribution in [2.75, 3.05) is 13.2 Å². The van der Waals surface area contributed by atoms with Crippen molar-refractivity contribution >= 4 is 46.6 Å². The lowest BCUT2D eigenvalue weighted by Gasteiger charge is -2.36. The van der Waals surface area contributed by atoms with Crippen LogP contribution in [0.3, 0.4) is 0 Å². The molecule has 0 saturated heterocycles. The number of hydroxylamine groups is 1. The number of hydrogen-bond donors (Lipinski definition) is 4. The molecule has 6 aliphatic rings. The number of carboxylic acids is 1. The average molecular weight is 925 g/mol. The van der Waals surface area contributed by atoms with Crippen LogP contribution in [0.1, 0.15) is 155 Å². The summed E-state index contributed by atoms with van der Waals surface area (Å²) in [7, 11) is 0. The van der Waals surface area contributed by atoms with Crippen molar-refractivity contribution < 1.29 is 64.0 Å². The van der Waals surface area contributed by atoms with Crippen LogP contribution in [0.15, 0.2) is 0 Å². The molecular formula is C42H72N2O14S3. The van der Waals surface area contributed by atoms with Crippen LogP contribution in [0, 0.1) is 35.5 Å². The lowest BCUT2D eigenvalue weighted by atomic mass is 9.77. The molecule has 16 nitrogen and oxygen atoms in total. The summed E-state index contributed by atoms with van der Waals surface area (Å²) in [5, 5.41) is 22.1. The molecule has 0 aromatic rings. The highest BCUT2D eigenvalue weighted by Crippen LogP contribution is 2.37. The number of carbonyl (C=O) groups is 2. The van der Waals surface area contributed by atoms with Gasteiger partial charge in [0.2, 0.25) is 5.91 Å². The van der Waals surface area contributed by atoms with Gasteiger partial charge in [0.1, 0.15) is 0 Å². The van der Waals surface area contributed by atoms with Crippen LogP contribution in [0.4, 0.5) is 0 Å². The zero-order valence-electron chi connectivity index (χ0n) is 36.1. The van der Waals surface area contributed by atoms with Crippen LogP contribution < -0.4 is 10.8 Å². The van der Waals surface area contributed by atoms with Crippen LogP contribution in [0.2, 0.25) is 0 Å². The molecule has 6 rings (SSSR count). The summed E-state index contributed by atoms with van der Waals surface area (Å²) in [5.74, 6) is -1.43. The van der Waals surface area contributed by atoms with Crippen molar-refractivity contribution in [3.8, 4) is 0 Å². The number of carboxylic acid groups (broad SMARTS) is 1. The fourth-order valence-electron chi connectivity index (χ4n) is 10.3. The third kappa shape index (κ3) is 16.2. The van der Waals surface area contributed by atoms with Crippen LogP contribution in [-0.4, -0.2) is 91.7 Å². The predicted molar refractivity (Wildman–Crippen MR) is 228 cm³/mol. The van der Waals surface area contributed by atoms with E-state index in [-0.39, 0.29) is 78.6 Å². The van der Waals surface area contributed by atoms with Crippen molar-refractivity contribution in [3.05, 3.63) is 0 Å². The summed E-state index contributed by atoms with van der Waals surface area (Å²) in [6, 6.07) is -0.230. The monoisotopic (exact) mass is 924 g/mol. The number of amides is 1. The van der Waals surface area contributed by atoms with Crippen molar-refractivity contribution in [1.82, 2.24) is 10.8 Å². The van der Waals surface area contributed by atoms with Crippen molar-refractivity contribution in [1.29, 1.82) is 0 Å². The summed E-state index contributed by atoms with van der Waals surface area (Å²) < 4.78 is 55.2. The van der Waals surface area contributed by atoms with Gasteiger partial charge in [0, 0.05) is 12.1 Å². The van der Waals surface area contributed by atoms with Gasteiger partial charge in [-0.3, -0.25) is 31.6 Å². The van der Waals surface area contributed by atoms with E-state index in [1.54, 1.807) is 0 Å². The number of aliphatic carboxylic acids is 1. The molecule has 1 amide bonds. The zero-order valence-corrected chi connectivity index (χ0v) is 38.5. The highest BCUT2D eigenvalue weighted by Gasteiger charge is 2.42. The molecule has 6 aliphatic carbocycles. The first-order valence-electron chi connectivity index (χ1n) is 23.2. The molecule has 0 aromatic heterocycles. The fourth-order valence-corrected chi connectivity index (χ4v) is 13.0. The van der Waals surface area contributed by atoms with Gasteiger partial charge in [0.15, 0.2) is 23.4 Å². The van der Waals surface area contributed by atoms with Gasteiger partial charge < -0.3 is 15.3 Å².